The van der Waals surface area contributed by atoms with Crippen LogP contribution in [-0.2, 0) is 10.3 Å². The molecule has 2 fully saturated rings. The van der Waals surface area contributed by atoms with Gasteiger partial charge in [-0.2, -0.15) is 0 Å². The van der Waals surface area contributed by atoms with Gasteiger partial charge < -0.3 is 4.74 Å². The van der Waals surface area contributed by atoms with Crippen LogP contribution in [0.4, 0.5) is 0 Å². The molecule has 168 valence electrons. The number of halogens is 2. The Morgan fingerprint density at radius 3 is 2.34 bits per heavy atom. The summed E-state index contributed by atoms with van der Waals surface area (Å²) in [5.41, 5.74) is 1.82. The minimum atomic E-state index is -0.245. The van der Waals surface area contributed by atoms with Crippen LogP contribution in [0.1, 0.15) is 55.1 Å². The van der Waals surface area contributed by atoms with Gasteiger partial charge in [0.05, 0.1) is 18.8 Å². The zero-order valence-corrected chi connectivity index (χ0v) is 19.5. The number of nitrogens with zero attached hydrogens (tertiary/aromatic N) is 5. The summed E-state index contributed by atoms with van der Waals surface area (Å²) in [5, 5.41) is 14.8. The fraction of sp³-hybridized carbons (Fsp3) is 0.458. The molecule has 2 heterocycles. The zero-order valence-electron chi connectivity index (χ0n) is 18.0. The van der Waals surface area contributed by atoms with E-state index in [1.165, 1.54) is 19.3 Å². The highest BCUT2D eigenvalue weighted by molar-refractivity contribution is 6.31. The van der Waals surface area contributed by atoms with E-state index in [9.17, 15) is 0 Å². The first-order valence-corrected chi connectivity index (χ1v) is 12.1. The van der Waals surface area contributed by atoms with Gasteiger partial charge >= 0.3 is 0 Å². The Labute approximate surface area is 198 Å². The molecular weight excluding hydrogens is 445 g/mol. The topological polar surface area (TPSA) is 56.1 Å². The van der Waals surface area contributed by atoms with Gasteiger partial charge in [-0.25, -0.2) is 4.68 Å². The molecule has 1 saturated heterocycles. The summed E-state index contributed by atoms with van der Waals surface area (Å²) in [4.78, 5) is 2.55. The Morgan fingerprint density at radius 2 is 1.62 bits per heavy atom. The lowest BCUT2D eigenvalue weighted by atomic mass is 9.78. The van der Waals surface area contributed by atoms with E-state index in [4.69, 9.17) is 27.9 Å². The Bertz CT molecular complexity index is 1040. The standard InChI is InChI=1S/C24H27Cl2N5O/c25-19-10-8-18(9-11-19)22(20-6-2-3-7-21(20)26)31-23(27-28-29-31)24(12-4-1-5-13-24)30-14-16-32-17-15-30/h2-3,6-11,22H,1,4-5,12-17H2. The first-order valence-electron chi connectivity index (χ1n) is 11.3. The van der Waals surface area contributed by atoms with Crippen LogP contribution in [0.2, 0.25) is 10.0 Å². The number of morpholine rings is 1. The molecule has 2 aromatic carbocycles. The highest BCUT2D eigenvalue weighted by Gasteiger charge is 2.45. The molecule has 0 bridgehead atoms. The van der Waals surface area contributed by atoms with E-state index < -0.39 is 0 Å². The van der Waals surface area contributed by atoms with Crippen molar-refractivity contribution >= 4 is 23.2 Å². The van der Waals surface area contributed by atoms with Crippen LogP contribution in [0.5, 0.6) is 0 Å². The van der Waals surface area contributed by atoms with Crippen molar-refractivity contribution in [3.63, 3.8) is 0 Å². The predicted molar refractivity (Wildman–Crippen MR) is 125 cm³/mol. The number of benzene rings is 2. The maximum atomic E-state index is 6.70. The third kappa shape index (κ3) is 4.05. The van der Waals surface area contributed by atoms with Crippen molar-refractivity contribution in [1.82, 2.24) is 25.1 Å². The average Bonchev–Trinajstić information content (AvgIpc) is 3.33. The van der Waals surface area contributed by atoms with E-state index in [0.717, 1.165) is 56.1 Å². The van der Waals surface area contributed by atoms with Crippen LogP contribution in [0.25, 0.3) is 0 Å². The molecule has 8 heteroatoms. The molecule has 1 aromatic heterocycles. The minimum Gasteiger partial charge on any atom is -0.379 e. The average molecular weight is 472 g/mol. The largest absolute Gasteiger partial charge is 0.379 e. The summed E-state index contributed by atoms with van der Waals surface area (Å²) in [6, 6.07) is 15.6. The smallest absolute Gasteiger partial charge is 0.172 e. The molecule has 0 spiro atoms. The summed E-state index contributed by atoms with van der Waals surface area (Å²) in [5.74, 6) is 0.916. The van der Waals surface area contributed by atoms with Gasteiger partial charge in [0.1, 0.15) is 6.04 Å². The van der Waals surface area contributed by atoms with Crippen molar-refractivity contribution in [2.24, 2.45) is 0 Å². The summed E-state index contributed by atoms with van der Waals surface area (Å²) < 4.78 is 7.66. The molecule has 0 radical (unpaired) electrons. The van der Waals surface area contributed by atoms with Crippen molar-refractivity contribution < 1.29 is 4.74 Å². The van der Waals surface area contributed by atoms with Gasteiger partial charge in [-0.1, -0.05) is 72.8 Å². The highest BCUT2D eigenvalue weighted by atomic mass is 35.5. The van der Waals surface area contributed by atoms with Crippen LogP contribution >= 0.6 is 23.2 Å². The molecule has 2 aliphatic rings. The van der Waals surface area contributed by atoms with E-state index in [-0.39, 0.29) is 11.6 Å². The number of hydrogen-bond donors (Lipinski definition) is 0. The van der Waals surface area contributed by atoms with E-state index in [2.05, 4.69) is 26.5 Å². The van der Waals surface area contributed by atoms with Gasteiger partial charge in [0.25, 0.3) is 0 Å². The minimum absolute atomic E-state index is 0.197. The van der Waals surface area contributed by atoms with Crippen molar-refractivity contribution in [1.29, 1.82) is 0 Å². The van der Waals surface area contributed by atoms with E-state index >= 15 is 0 Å². The Kier molecular flexibility index (Phi) is 6.47. The number of ether oxygens (including phenoxy) is 1. The first kappa shape index (κ1) is 21.8. The lowest BCUT2D eigenvalue weighted by Crippen LogP contribution is -2.53. The molecule has 1 unspecified atom stereocenters. The molecule has 5 rings (SSSR count). The van der Waals surface area contributed by atoms with Crippen LogP contribution < -0.4 is 0 Å². The van der Waals surface area contributed by atoms with E-state index in [1.54, 1.807) is 0 Å². The molecule has 0 N–H and O–H groups in total. The number of hydrogen-bond acceptors (Lipinski definition) is 5. The normalized spacial score (nSPS) is 20.2. The lowest BCUT2D eigenvalue weighted by Gasteiger charge is -2.47. The molecule has 1 aliphatic carbocycles. The molecule has 1 atom stereocenters. The molecule has 1 aliphatic heterocycles. The maximum Gasteiger partial charge on any atom is 0.172 e. The Balaban J connectivity index is 1.66. The lowest BCUT2D eigenvalue weighted by molar-refractivity contribution is -0.0462. The quantitative estimate of drug-likeness (QED) is 0.517. The summed E-state index contributed by atoms with van der Waals surface area (Å²) in [7, 11) is 0. The van der Waals surface area contributed by atoms with Crippen LogP contribution in [-0.4, -0.2) is 51.4 Å². The number of tetrazole rings is 1. The Morgan fingerprint density at radius 1 is 0.906 bits per heavy atom. The molecule has 0 amide bonds. The summed E-state index contributed by atoms with van der Waals surface area (Å²) >= 11 is 12.9. The SMILES string of the molecule is Clc1ccc(C(c2ccccc2Cl)n2nnnc2C2(N3CCOCC3)CCCCC2)cc1. The fourth-order valence-corrected chi connectivity index (χ4v) is 5.64. The number of rotatable bonds is 5. The van der Waals surface area contributed by atoms with Gasteiger partial charge in [0, 0.05) is 23.1 Å². The van der Waals surface area contributed by atoms with Crippen molar-refractivity contribution in [3.05, 3.63) is 75.5 Å². The van der Waals surface area contributed by atoms with Crippen molar-refractivity contribution in [2.45, 2.75) is 43.7 Å². The zero-order chi connectivity index (χ0) is 22.0. The van der Waals surface area contributed by atoms with Gasteiger partial charge in [-0.05, 0) is 52.6 Å². The molecule has 1 saturated carbocycles. The van der Waals surface area contributed by atoms with Crippen molar-refractivity contribution in [3.8, 4) is 0 Å². The Hall–Kier alpha value is -1.99. The monoisotopic (exact) mass is 471 g/mol. The summed E-state index contributed by atoms with van der Waals surface area (Å²) in [6.07, 6.45) is 5.68. The first-order chi connectivity index (χ1) is 15.7. The molecule has 32 heavy (non-hydrogen) atoms. The van der Waals surface area contributed by atoms with E-state index in [1.807, 2.05) is 47.1 Å². The van der Waals surface area contributed by atoms with Gasteiger partial charge in [-0.3, -0.25) is 4.90 Å². The van der Waals surface area contributed by atoms with E-state index in [0.29, 0.717) is 10.0 Å². The second kappa shape index (κ2) is 9.48. The second-order valence-corrected chi connectivity index (χ2v) is 9.46. The van der Waals surface area contributed by atoms with Crippen molar-refractivity contribution in [2.75, 3.05) is 26.3 Å². The molecular formula is C24H27Cl2N5O. The van der Waals surface area contributed by atoms with Crippen LogP contribution in [0, 0.1) is 0 Å². The molecule has 6 nitrogen and oxygen atoms in total. The molecule has 3 aromatic rings. The van der Waals surface area contributed by atoms with Crippen LogP contribution in [0.15, 0.2) is 48.5 Å². The van der Waals surface area contributed by atoms with Gasteiger partial charge in [0.15, 0.2) is 5.82 Å². The maximum absolute atomic E-state index is 6.70. The second-order valence-electron chi connectivity index (χ2n) is 8.61. The summed E-state index contributed by atoms with van der Waals surface area (Å²) in [6.45, 7) is 3.28. The predicted octanol–water partition coefficient (Wildman–Crippen LogP) is 5.11. The van der Waals surface area contributed by atoms with Crippen LogP contribution in [0.3, 0.4) is 0 Å². The number of aromatic nitrogens is 4. The fourth-order valence-electron chi connectivity index (χ4n) is 5.28. The van der Waals surface area contributed by atoms with Gasteiger partial charge in [0.2, 0.25) is 0 Å². The van der Waals surface area contributed by atoms with Gasteiger partial charge in [-0.15, -0.1) is 5.10 Å². The third-order valence-corrected chi connectivity index (χ3v) is 7.43. The highest BCUT2D eigenvalue weighted by Crippen LogP contribution is 2.44. The third-order valence-electron chi connectivity index (χ3n) is 6.84.